The van der Waals surface area contributed by atoms with Crippen molar-refractivity contribution < 1.29 is 19.1 Å². The number of hydrogen-bond acceptors (Lipinski definition) is 5. The molecule has 0 saturated heterocycles. The normalized spacial score (nSPS) is 16.0. The van der Waals surface area contributed by atoms with Gasteiger partial charge in [0.25, 0.3) is 0 Å². The monoisotopic (exact) mass is 359 g/mol. The molecule has 6 heteroatoms. The third-order valence-electron chi connectivity index (χ3n) is 4.20. The molecule has 2 aromatic rings. The van der Waals surface area contributed by atoms with Gasteiger partial charge < -0.3 is 9.47 Å². The minimum Gasteiger partial charge on any atom is -0.462 e. The van der Waals surface area contributed by atoms with Gasteiger partial charge in [0.2, 0.25) is 0 Å². The predicted molar refractivity (Wildman–Crippen MR) is 97.7 cm³/mol. The number of carbonyl (C=O) groups is 2. The van der Waals surface area contributed by atoms with Crippen molar-refractivity contribution in [2.45, 2.75) is 39.0 Å². The Labute approximate surface area is 151 Å². The fourth-order valence-electron chi connectivity index (χ4n) is 3.12. The van der Waals surface area contributed by atoms with E-state index in [-0.39, 0.29) is 11.9 Å². The zero-order valence-corrected chi connectivity index (χ0v) is 15.2. The molecule has 3 rings (SSSR count). The second-order valence-electron chi connectivity index (χ2n) is 5.98. The largest absolute Gasteiger partial charge is 0.462 e. The van der Waals surface area contributed by atoms with Gasteiger partial charge in [-0.15, -0.1) is 11.3 Å². The number of anilines is 1. The molecule has 0 aliphatic heterocycles. The van der Waals surface area contributed by atoms with Gasteiger partial charge in [-0.05, 0) is 49.8 Å². The number of rotatable bonds is 4. The summed E-state index contributed by atoms with van der Waals surface area (Å²) >= 11 is 1.45. The Morgan fingerprint density at radius 3 is 2.76 bits per heavy atom. The molecule has 1 aromatic carbocycles. The van der Waals surface area contributed by atoms with Gasteiger partial charge in [0, 0.05) is 4.88 Å². The second kappa shape index (κ2) is 7.70. The van der Waals surface area contributed by atoms with E-state index in [2.05, 4.69) is 12.2 Å². The van der Waals surface area contributed by atoms with E-state index in [9.17, 15) is 9.59 Å². The van der Waals surface area contributed by atoms with Crippen LogP contribution < -0.4 is 10.1 Å². The smallest absolute Gasteiger partial charge is 0.417 e. The minimum absolute atomic E-state index is 0.278. The summed E-state index contributed by atoms with van der Waals surface area (Å²) in [4.78, 5) is 25.9. The third kappa shape index (κ3) is 3.85. The van der Waals surface area contributed by atoms with Crippen LogP contribution in [0.1, 0.15) is 53.4 Å². The summed E-state index contributed by atoms with van der Waals surface area (Å²) in [6.07, 6.45) is 2.43. The Morgan fingerprint density at radius 2 is 2.04 bits per heavy atom. The first kappa shape index (κ1) is 17.5. The highest BCUT2D eigenvalue weighted by Crippen LogP contribution is 2.43. The minimum atomic E-state index is -0.608. The molecule has 0 fully saturated rings. The number of para-hydroxylation sites is 1. The van der Waals surface area contributed by atoms with E-state index in [1.54, 1.807) is 31.2 Å². The van der Waals surface area contributed by atoms with Crippen molar-refractivity contribution in [1.29, 1.82) is 0 Å². The number of amides is 1. The summed E-state index contributed by atoms with van der Waals surface area (Å²) in [5.41, 5.74) is 1.50. The molecule has 1 heterocycles. The predicted octanol–water partition coefficient (Wildman–Crippen LogP) is 4.98. The lowest BCUT2D eigenvalue weighted by molar-refractivity contribution is 0.0526. The highest BCUT2D eigenvalue weighted by Gasteiger charge is 2.31. The molecule has 5 nitrogen and oxygen atoms in total. The fourth-order valence-corrected chi connectivity index (χ4v) is 4.45. The summed E-state index contributed by atoms with van der Waals surface area (Å²) in [5, 5.41) is 3.24. The van der Waals surface area contributed by atoms with Crippen LogP contribution >= 0.6 is 11.3 Å². The average Bonchev–Trinajstić information content (AvgIpc) is 2.95. The average molecular weight is 359 g/mol. The third-order valence-corrected chi connectivity index (χ3v) is 5.39. The summed E-state index contributed by atoms with van der Waals surface area (Å²) in [7, 11) is 0. The Hall–Kier alpha value is -2.34. The van der Waals surface area contributed by atoms with E-state index >= 15 is 0 Å². The number of hydrogen-bond donors (Lipinski definition) is 1. The molecule has 0 unspecified atom stereocenters. The summed E-state index contributed by atoms with van der Waals surface area (Å²) in [6.45, 7) is 4.18. The van der Waals surface area contributed by atoms with Crippen molar-refractivity contribution in [3.63, 3.8) is 0 Å². The maximum Gasteiger partial charge on any atom is 0.417 e. The van der Waals surface area contributed by atoms with Crippen molar-refractivity contribution >= 4 is 28.4 Å². The van der Waals surface area contributed by atoms with Crippen LogP contribution in [0.15, 0.2) is 30.3 Å². The zero-order valence-electron chi connectivity index (χ0n) is 14.3. The summed E-state index contributed by atoms with van der Waals surface area (Å²) in [5.74, 6) is 0.344. The van der Waals surface area contributed by atoms with Crippen LogP contribution in [0.3, 0.4) is 0 Å². The van der Waals surface area contributed by atoms with Gasteiger partial charge >= 0.3 is 12.1 Å². The molecule has 0 bridgehead atoms. The zero-order chi connectivity index (χ0) is 17.8. The number of nitrogens with one attached hydrogen (secondary N) is 1. The van der Waals surface area contributed by atoms with Gasteiger partial charge in [0.15, 0.2) is 0 Å². The summed E-state index contributed by atoms with van der Waals surface area (Å²) < 4.78 is 10.5. The molecule has 1 N–H and O–H groups in total. The quantitative estimate of drug-likeness (QED) is 0.782. The molecule has 1 atom stereocenters. The topological polar surface area (TPSA) is 64.6 Å². The number of esters is 1. The Bertz CT molecular complexity index is 769. The van der Waals surface area contributed by atoms with Crippen molar-refractivity contribution in [3.8, 4) is 5.75 Å². The standard InChI is InChI=1S/C19H21NO4S/c1-3-23-18(21)16-15-12(2)8-7-11-14(15)25-17(16)20-19(22)24-13-9-5-4-6-10-13/h4-6,9-10,12H,3,7-8,11H2,1-2H3,(H,20,22)/t12-/m1/s1. The number of fused-ring (bicyclic) bond motifs is 1. The first-order valence-corrected chi connectivity index (χ1v) is 9.28. The van der Waals surface area contributed by atoms with Gasteiger partial charge in [0.05, 0.1) is 12.2 Å². The molecule has 0 radical (unpaired) electrons. The molecular weight excluding hydrogens is 338 g/mol. The van der Waals surface area contributed by atoms with Crippen molar-refractivity contribution in [2.75, 3.05) is 11.9 Å². The number of ether oxygens (including phenoxy) is 2. The molecule has 132 valence electrons. The Balaban J connectivity index is 1.87. The van der Waals surface area contributed by atoms with E-state index in [1.165, 1.54) is 11.3 Å². The molecule has 1 aliphatic carbocycles. The number of aryl methyl sites for hydroxylation is 1. The number of thiophene rings is 1. The molecule has 1 amide bonds. The SMILES string of the molecule is CCOC(=O)c1c(NC(=O)Oc2ccccc2)sc2c1[C@H](C)CCC2. The lowest BCUT2D eigenvalue weighted by Gasteiger charge is -2.19. The van der Waals surface area contributed by atoms with Crippen LogP contribution in [-0.4, -0.2) is 18.7 Å². The van der Waals surface area contributed by atoms with Crippen molar-refractivity contribution in [1.82, 2.24) is 0 Å². The second-order valence-corrected chi connectivity index (χ2v) is 7.09. The van der Waals surface area contributed by atoms with Gasteiger partial charge in [-0.2, -0.15) is 0 Å². The van der Waals surface area contributed by atoms with Crippen LogP contribution in [0.25, 0.3) is 0 Å². The van der Waals surface area contributed by atoms with Crippen molar-refractivity contribution in [3.05, 3.63) is 46.3 Å². The maximum atomic E-state index is 12.5. The lowest BCUT2D eigenvalue weighted by atomic mass is 9.86. The van der Waals surface area contributed by atoms with Crippen LogP contribution in [0.2, 0.25) is 0 Å². The highest BCUT2D eigenvalue weighted by atomic mass is 32.1. The molecule has 0 saturated carbocycles. The Morgan fingerprint density at radius 1 is 1.28 bits per heavy atom. The molecule has 25 heavy (non-hydrogen) atoms. The van der Waals surface area contributed by atoms with E-state index in [0.717, 1.165) is 29.7 Å². The van der Waals surface area contributed by atoms with Crippen LogP contribution in [0.5, 0.6) is 5.75 Å². The van der Waals surface area contributed by atoms with Gasteiger partial charge in [-0.1, -0.05) is 25.1 Å². The van der Waals surface area contributed by atoms with E-state index in [4.69, 9.17) is 9.47 Å². The van der Waals surface area contributed by atoms with Crippen molar-refractivity contribution in [2.24, 2.45) is 0 Å². The maximum absolute atomic E-state index is 12.5. The molecule has 1 aromatic heterocycles. The van der Waals surface area contributed by atoms with E-state index in [1.807, 2.05) is 6.07 Å². The van der Waals surface area contributed by atoms with Crippen LogP contribution in [0.4, 0.5) is 9.80 Å². The highest BCUT2D eigenvalue weighted by molar-refractivity contribution is 7.17. The first-order valence-electron chi connectivity index (χ1n) is 8.46. The lowest BCUT2D eigenvalue weighted by Crippen LogP contribution is -2.19. The molecular formula is C19H21NO4S. The number of carbonyl (C=O) groups excluding carboxylic acids is 2. The van der Waals surface area contributed by atoms with Gasteiger partial charge in [-0.3, -0.25) is 5.32 Å². The van der Waals surface area contributed by atoms with E-state index < -0.39 is 6.09 Å². The molecule has 0 spiro atoms. The Kier molecular flexibility index (Phi) is 5.38. The summed E-state index contributed by atoms with van der Waals surface area (Å²) in [6, 6.07) is 8.83. The van der Waals surface area contributed by atoms with Gasteiger partial charge in [0.1, 0.15) is 10.8 Å². The van der Waals surface area contributed by atoms with E-state index in [0.29, 0.717) is 22.9 Å². The van der Waals surface area contributed by atoms with Crippen LogP contribution in [0, 0.1) is 0 Å². The first-order chi connectivity index (χ1) is 12.1. The number of benzene rings is 1. The molecule has 1 aliphatic rings. The fraction of sp³-hybridized carbons (Fsp3) is 0.368. The van der Waals surface area contributed by atoms with Gasteiger partial charge in [-0.25, -0.2) is 9.59 Å². The van der Waals surface area contributed by atoms with Crippen LogP contribution in [-0.2, 0) is 11.2 Å².